The molecular formula is C8H8ClNO. The van der Waals surface area contributed by atoms with Crippen LogP contribution >= 0.6 is 11.6 Å². The van der Waals surface area contributed by atoms with Gasteiger partial charge < -0.3 is 10.5 Å². The smallest absolute Gasteiger partial charge is 0.141 e. The predicted octanol–water partition coefficient (Wildman–Crippen LogP) is 1.54. The molecule has 0 aliphatic carbocycles. The number of rotatable bonds is 2. The Labute approximate surface area is 70.0 Å². The Hall–Kier alpha value is -0.860. The van der Waals surface area contributed by atoms with Gasteiger partial charge >= 0.3 is 0 Å². The molecule has 1 aromatic carbocycles. The first-order valence-corrected chi connectivity index (χ1v) is 3.58. The third kappa shape index (κ3) is 2.03. The SMILES string of the molecule is NC(C=O)c1cccc(Cl)c1. The minimum absolute atomic E-state index is 0.561. The van der Waals surface area contributed by atoms with Gasteiger partial charge in [0.05, 0.1) is 6.04 Å². The Morgan fingerprint density at radius 3 is 2.82 bits per heavy atom. The van der Waals surface area contributed by atoms with Gasteiger partial charge in [-0.2, -0.15) is 0 Å². The molecular weight excluding hydrogens is 162 g/mol. The van der Waals surface area contributed by atoms with E-state index in [1.54, 1.807) is 24.3 Å². The highest BCUT2D eigenvalue weighted by Gasteiger charge is 2.02. The molecule has 1 atom stereocenters. The molecule has 0 spiro atoms. The van der Waals surface area contributed by atoms with E-state index in [0.717, 1.165) is 5.56 Å². The zero-order valence-corrected chi connectivity index (χ0v) is 6.58. The molecule has 0 radical (unpaired) electrons. The van der Waals surface area contributed by atoms with E-state index in [2.05, 4.69) is 0 Å². The van der Waals surface area contributed by atoms with E-state index < -0.39 is 6.04 Å². The zero-order chi connectivity index (χ0) is 8.27. The number of benzene rings is 1. The lowest BCUT2D eigenvalue weighted by Crippen LogP contribution is -2.10. The van der Waals surface area contributed by atoms with Crippen molar-refractivity contribution in [1.29, 1.82) is 0 Å². The number of hydrogen-bond donors (Lipinski definition) is 1. The van der Waals surface area contributed by atoms with E-state index in [0.29, 0.717) is 11.3 Å². The summed E-state index contributed by atoms with van der Waals surface area (Å²) in [5.74, 6) is 0. The van der Waals surface area contributed by atoms with E-state index in [4.69, 9.17) is 17.3 Å². The third-order valence-electron chi connectivity index (χ3n) is 1.38. The molecule has 11 heavy (non-hydrogen) atoms. The van der Waals surface area contributed by atoms with Gasteiger partial charge in [-0.15, -0.1) is 0 Å². The van der Waals surface area contributed by atoms with Crippen LogP contribution in [0.4, 0.5) is 0 Å². The molecule has 0 saturated carbocycles. The number of carbonyl (C=O) groups is 1. The van der Waals surface area contributed by atoms with E-state index in [1.165, 1.54) is 0 Å². The summed E-state index contributed by atoms with van der Waals surface area (Å²) in [5.41, 5.74) is 6.18. The van der Waals surface area contributed by atoms with Gasteiger partial charge in [-0.25, -0.2) is 0 Å². The summed E-state index contributed by atoms with van der Waals surface area (Å²) in [6.45, 7) is 0. The van der Waals surface area contributed by atoms with Crippen LogP contribution in [0.2, 0.25) is 5.02 Å². The molecule has 1 unspecified atom stereocenters. The lowest BCUT2D eigenvalue weighted by Gasteiger charge is -2.02. The molecule has 58 valence electrons. The van der Waals surface area contributed by atoms with Gasteiger partial charge in [0.25, 0.3) is 0 Å². The molecule has 0 aliphatic rings. The van der Waals surface area contributed by atoms with Gasteiger partial charge in [0.2, 0.25) is 0 Å². The van der Waals surface area contributed by atoms with Crippen molar-refractivity contribution < 1.29 is 4.79 Å². The summed E-state index contributed by atoms with van der Waals surface area (Å²) in [6.07, 6.45) is 0.686. The molecule has 0 fully saturated rings. The van der Waals surface area contributed by atoms with E-state index in [9.17, 15) is 4.79 Å². The van der Waals surface area contributed by atoms with Crippen LogP contribution in [-0.2, 0) is 4.79 Å². The van der Waals surface area contributed by atoms with Crippen molar-refractivity contribution >= 4 is 17.9 Å². The maximum atomic E-state index is 10.2. The second-order valence-electron chi connectivity index (χ2n) is 2.22. The van der Waals surface area contributed by atoms with E-state index in [-0.39, 0.29) is 0 Å². The Morgan fingerprint density at radius 1 is 1.55 bits per heavy atom. The Bertz CT molecular complexity index is 262. The Morgan fingerprint density at radius 2 is 2.27 bits per heavy atom. The fourth-order valence-electron chi connectivity index (χ4n) is 0.792. The number of hydrogen-bond acceptors (Lipinski definition) is 2. The van der Waals surface area contributed by atoms with Crippen LogP contribution in [0.1, 0.15) is 11.6 Å². The summed E-state index contributed by atoms with van der Waals surface area (Å²) in [4.78, 5) is 10.2. The minimum Gasteiger partial charge on any atom is -0.318 e. The van der Waals surface area contributed by atoms with Gasteiger partial charge in [0.15, 0.2) is 0 Å². The number of nitrogens with two attached hydrogens (primary N) is 1. The Kier molecular flexibility index (Phi) is 2.63. The van der Waals surface area contributed by atoms with Gasteiger partial charge in [0.1, 0.15) is 6.29 Å². The van der Waals surface area contributed by atoms with E-state index in [1.807, 2.05) is 0 Å². The van der Waals surface area contributed by atoms with Crippen molar-refractivity contribution in [3.63, 3.8) is 0 Å². The zero-order valence-electron chi connectivity index (χ0n) is 5.83. The molecule has 2 nitrogen and oxygen atoms in total. The van der Waals surface area contributed by atoms with Crippen molar-refractivity contribution in [2.75, 3.05) is 0 Å². The standard InChI is InChI=1S/C8H8ClNO/c9-7-3-1-2-6(4-7)8(10)5-11/h1-5,8H,10H2. The van der Waals surface area contributed by atoms with Crippen LogP contribution in [0.15, 0.2) is 24.3 Å². The molecule has 3 heteroatoms. The largest absolute Gasteiger partial charge is 0.318 e. The second-order valence-corrected chi connectivity index (χ2v) is 2.65. The molecule has 1 aromatic rings. The summed E-state index contributed by atoms with van der Waals surface area (Å²) < 4.78 is 0. The van der Waals surface area contributed by atoms with Gasteiger partial charge in [-0.1, -0.05) is 23.7 Å². The molecule has 0 heterocycles. The molecule has 1 rings (SSSR count). The van der Waals surface area contributed by atoms with Crippen LogP contribution in [-0.4, -0.2) is 6.29 Å². The molecule has 0 bridgehead atoms. The van der Waals surface area contributed by atoms with Crippen LogP contribution in [0.3, 0.4) is 0 Å². The fraction of sp³-hybridized carbons (Fsp3) is 0.125. The van der Waals surface area contributed by atoms with Crippen LogP contribution in [0.5, 0.6) is 0 Å². The van der Waals surface area contributed by atoms with Crippen molar-refractivity contribution in [3.05, 3.63) is 34.9 Å². The second kappa shape index (κ2) is 3.51. The quantitative estimate of drug-likeness (QED) is 0.683. The summed E-state index contributed by atoms with van der Waals surface area (Å²) >= 11 is 5.67. The van der Waals surface area contributed by atoms with Crippen molar-refractivity contribution in [3.8, 4) is 0 Å². The monoisotopic (exact) mass is 169 g/mol. The van der Waals surface area contributed by atoms with Crippen LogP contribution in [0, 0.1) is 0 Å². The molecule has 0 amide bonds. The predicted molar refractivity (Wildman–Crippen MR) is 44.4 cm³/mol. The fourth-order valence-corrected chi connectivity index (χ4v) is 0.991. The normalized spacial score (nSPS) is 12.5. The van der Waals surface area contributed by atoms with Gasteiger partial charge in [-0.05, 0) is 17.7 Å². The first-order valence-electron chi connectivity index (χ1n) is 3.20. The highest BCUT2D eigenvalue weighted by Crippen LogP contribution is 2.14. The lowest BCUT2D eigenvalue weighted by molar-refractivity contribution is -0.109. The molecule has 2 N–H and O–H groups in total. The van der Waals surface area contributed by atoms with Gasteiger partial charge in [0, 0.05) is 5.02 Å². The lowest BCUT2D eigenvalue weighted by atomic mass is 10.1. The van der Waals surface area contributed by atoms with E-state index >= 15 is 0 Å². The highest BCUT2D eigenvalue weighted by atomic mass is 35.5. The average Bonchev–Trinajstić information content (AvgIpc) is 2.03. The Balaban J connectivity index is 2.95. The summed E-state index contributed by atoms with van der Waals surface area (Å²) in [7, 11) is 0. The molecule has 0 aromatic heterocycles. The molecule has 0 saturated heterocycles. The first kappa shape index (κ1) is 8.24. The summed E-state index contributed by atoms with van der Waals surface area (Å²) in [6, 6.07) is 6.39. The third-order valence-corrected chi connectivity index (χ3v) is 1.62. The topological polar surface area (TPSA) is 43.1 Å². The number of halogens is 1. The summed E-state index contributed by atoms with van der Waals surface area (Å²) in [5, 5.41) is 0.597. The number of aldehydes is 1. The van der Waals surface area contributed by atoms with Crippen molar-refractivity contribution in [1.82, 2.24) is 0 Å². The molecule has 0 aliphatic heterocycles. The number of carbonyl (C=O) groups excluding carboxylic acids is 1. The highest BCUT2D eigenvalue weighted by molar-refractivity contribution is 6.30. The van der Waals surface area contributed by atoms with Crippen molar-refractivity contribution in [2.24, 2.45) is 5.73 Å². The van der Waals surface area contributed by atoms with Crippen LogP contribution in [0.25, 0.3) is 0 Å². The van der Waals surface area contributed by atoms with Crippen molar-refractivity contribution in [2.45, 2.75) is 6.04 Å². The maximum Gasteiger partial charge on any atom is 0.141 e. The first-order chi connectivity index (χ1) is 5.24. The maximum absolute atomic E-state index is 10.2. The van der Waals surface area contributed by atoms with Crippen LogP contribution < -0.4 is 5.73 Å². The average molecular weight is 170 g/mol. The van der Waals surface area contributed by atoms with Gasteiger partial charge in [-0.3, -0.25) is 0 Å². The minimum atomic E-state index is -0.561.